The standard InChI is InChI=1S/C11H15N3O3/c12-6-10(16)14-9(11(13)17)5-7-1-3-8(15)4-2-7/h1-4,9,15H,5-6,12H2,(H2,13,17)(H,14,16)/p+1/t9-/m1/s1. The number of carbonyl (C=O) groups excluding carboxylic acids is 2. The first-order valence-corrected chi connectivity index (χ1v) is 5.18. The summed E-state index contributed by atoms with van der Waals surface area (Å²) < 4.78 is 0. The van der Waals surface area contributed by atoms with Gasteiger partial charge in [-0.3, -0.25) is 9.59 Å². The highest BCUT2D eigenvalue weighted by Crippen LogP contribution is 2.11. The summed E-state index contributed by atoms with van der Waals surface area (Å²) in [5, 5.41) is 11.6. The van der Waals surface area contributed by atoms with Crippen molar-refractivity contribution in [3.05, 3.63) is 29.8 Å². The maximum absolute atomic E-state index is 11.2. The number of hydrogen-bond donors (Lipinski definition) is 4. The van der Waals surface area contributed by atoms with Crippen LogP contribution in [-0.4, -0.2) is 29.5 Å². The molecule has 7 N–H and O–H groups in total. The zero-order chi connectivity index (χ0) is 12.8. The number of quaternary nitrogens is 1. The third-order valence-corrected chi connectivity index (χ3v) is 2.28. The van der Waals surface area contributed by atoms with Crippen LogP contribution in [-0.2, 0) is 16.0 Å². The fraction of sp³-hybridized carbons (Fsp3) is 0.273. The quantitative estimate of drug-likeness (QED) is 0.481. The van der Waals surface area contributed by atoms with Crippen LogP contribution in [0.25, 0.3) is 0 Å². The van der Waals surface area contributed by atoms with Crippen LogP contribution >= 0.6 is 0 Å². The molecular weight excluding hydrogens is 222 g/mol. The molecule has 0 saturated heterocycles. The molecule has 1 aromatic carbocycles. The molecule has 0 saturated carbocycles. The molecule has 6 nitrogen and oxygen atoms in total. The van der Waals surface area contributed by atoms with Gasteiger partial charge in [0, 0.05) is 6.42 Å². The number of carbonyl (C=O) groups is 2. The first kappa shape index (κ1) is 13.0. The van der Waals surface area contributed by atoms with E-state index in [1.165, 1.54) is 12.1 Å². The first-order valence-electron chi connectivity index (χ1n) is 5.18. The molecule has 2 amide bonds. The predicted molar refractivity (Wildman–Crippen MR) is 60.7 cm³/mol. The van der Waals surface area contributed by atoms with Gasteiger partial charge >= 0.3 is 0 Å². The molecule has 17 heavy (non-hydrogen) atoms. The zero-order valence-corrected chi connectivity index (χ0v) is 9.35. The number of benzene rings is 1. The minimum absolute atomic E-state index is 0.0549. The van der Waals surface area contributed by atoms with Crippen molar-refractivity contribution in [1.82, 2.24) is 5.32 Å². The van der Waals surface area contributed by atoms with Gasteiger partial charge in [0.05, 0.1) is 0 Å². The van der Waals surface area contributed by atoms with Crippen LogP contribution < -0.4 is 16.8 Å². The Labute approximate surface area is 98.6 Å². The summed E-state index contributed by atoms with van der Waals surface area (Å²) in [4.78, 5) is 22.3. The summed E-state index contributed by atoms with van der Waals surface area (Å²) in [5.41, 5.74) is 9.42. The fourth-order valence-electron chi connectivity index (χ4n) is 1.36. The predicted octanol–water partition coefficient (Wildman–Crippen LogP) is -1.85. The maximum atomic E-state index is 11.2. The third kappa shape index (κ3) is 4.12. The Kier molecular flexibility index (Phi) is 4.47. The molecule has 92 valence electrons. The number of nitrogens with two attached hydrogens (primary N) is 1. The molecule has 0 fully saturated rings. The van der Waals surface area contributed by atoms with Gasteiger partial charge in [0.15, 0.2) is 6.54 Å². The second-order valence-corrected chi connectivity index (χ2v) is 3.64. The summed E-state index contributed by atoms with van der Waals surface area (Å²) in [7, 11) is 0. The summed E-state index contributed by atoms with van der Waals surface area (Å²) >= 11 is 0. The molecule has 0 aliphatic carbocycles. The molecule has 0 spiro atoms. The largest absolute Gasteiger partial charge is 0.508 e. The van der Waals surface area contributed by atoms with E-state index in [-0.39, 0.29) is 18.2 Å². The van der Waals surface area contributed by atoms with E-state index >= 15 is 0 Å². The van der Waals surface area contributed by atoms with E-state index in [9.17, 15) is 9.59 Å². The monoisotopic (exact) mass is 238 g/mol. The molecule has 0 bridgehead atoms. The van der Waals surface area contributed by atoms with Gasteiger partial charge in [0.2, 0.25) is 5.91 Å². The Morgan fingerprint density at radius 1 is 1.35 bits per heavy atom. The van der Waals surface area contributed by atoms with Crippen LogP contribution in [0.4, 0.5) is 0 Å². The van der Waals surface area contributed by atoms with Crippen LogP contribution in [0, 0.1) is 0 Å². The number of phenolic OH excluding ortho intramolecular Hbond substituents is 1. The Morgan fingerprint density at radius 2 is 1.94 bits per heavy atom. The Balaban J connectivity index is 2.70. The average Bonchev–Trinajstić information content (AvgIpc) is 2.30. The van der Waals surface area contributed by atoms with Crippen molar-refractivity contribution in [1.29, 1.82) is 0 Å². The van der Waals surface area contributed by atoms with Crippen molar-refractivity contribution in [2.45, 2.75) is 12.5 Å². The molecule has 1 aromatic rings. The van der Waals surface area contributed by atoms with Gasteiger partial charge in [-0.2, -0.15) is 0 Å². The summed E-state index contributed by atoms with van der Waals surface area (Å²) in [5.74, 6) is -0.779. The lowest BCUT2D eigenvalue weighted by Gasteiger charge is -2.14. The Bertz CT molecular complexity index is 403. The van der Waals surface area contributed by atoms with Crippen molar-refractivity contribution < 1.29 is 20.4 Å². The molecule has 0 aliphatic rings. The lowest BCUT2D eigenvalue weighted by Crippen LogP contribution is -2.60. The van der Waals surface area contributed by atoms with Crippen LogP contribution in [0.3, 0.4) is 0 Å². The Hall–Kier alpha value is -2.08. The van der Waals surface area contributed by atoms with Crippen molar-refractivity contribution in [2.24, 2.45) is 5.73 Å². The number of rotatable bonds is 5. The van der Waals surface area contributed by atoms with E-state index in [1.807, 2.05) is 0 Å². The highest BCUT2D eigenvalue weighted by atomic mass is 16.3. The van der Waals surface area contributed by atoms with E-state index in [4.69, 9.17) is 10.8 Å². The first-order chi connectivity index (χ1) is 8.02. The highest BCUT2D eigenvalue weighted by Gasteiger charge is 2.18. The van der Waals surface area contributed by atoms with Crippen LogP contribution in [0.15, 0.2) is 24.3 Å². The molecule has 0 radical (unpaired) electrons. The minimum atomic E-state index is -0.756. The SMILES string of the molecule is NC(=O)[C@@H](Cc1ccc(O)cc1)NC(=O)C[NH3+]. The second-order valence-electron chi connectivity index (χ2n) is 3.64. The van der Waals surface area contributed by atoms with Crippen molar-refractivity contribution in [3.63, 3.8) is 0 Å². The second kappa shape index (κ2) is 5.86. The minimum Gasteiger partial charge on any atom is -0.508 e. The lowest BCUT2D eigenvalue weighted by atomic mass is 10.1. The number of primary amides is 1. The van der Waals surface area contributed by atoms with E-state index < -0.39 is 11.9 Å². The average molecular weight is 238 g/mol. The van der Waals surface area contributed by atoms with Crippen molar-refractivity contribution in [3.8, 4) is 5.75 Å². The van der Waals surface area contributed by atoms with Gasteiger partial charge in [-0.05, 0) is 17.7 Å². The highest BCUT2D eigenvalue weighted by molar-refractivity contribution is 5.87. The van der Waals surface area contributed by atoms with Gasteiger partial charge in [0.25, 0.3) is 5.91 Å². The summed E-state index contributed by atoms with van der Waals surface area (Å²) in [6.07, 6.45) is 0.293. The van der Waals surface area contributed by atoms with Gasteiger partial charge in [-0.25, -0.2) is 0 Å². The lowest BCUT2D eigenvalue weighted by molar-refractivity contribution is -0.355. The maximum Gasteiger partial charge on any atom is 0.275 e. The molecule has 0 heterocycles. The fourth-order valence-corrected chi connectivity index (χ4v) is 1.36. The topological polar surface area (TPSA) is 120 Å². The molecule has 0 unspecified atom stereocenters. The molecule has 0 aliphatic heterocycles. The van der Waals surface area contributed by atoms with Crippen molar-refractivity contribution >= 4 is 11.8 Å². The van der Waals surface area contributed by atoms with Gasteiger partial charge in [-0.1, -0.05) is 12.1 Å². The zero-order valence-electron chi connectivity index (χ0n) is 9.35. The molecular formula is C11H16N3O3+. The molecule has 1 atom stereocenters. The van der Waals surface area contributed by atoms with Gasteiger partial charge in [-0.15, -0.1) is 0 Å². The number of hydrogen-bond acceptors (Lipinski definition) is 3. The summed E-state index contributed by atoms with van der Waals surface area (Å²) in [6.45, 7) is 0.0549. The van der Waals surface area contributed by atoms with Gasteiger partial charge in [0.1, 0.15) is 11.8 Å². The number of aromatic hydroxyl groups is 1. The van der Waals surface area contributed by atoms with E-state index in [0.29, 0.717) is 6.42 Å². The number of nitrogens with one attached hydrogen (secondary N) is 1. The van der Waals surface area contributed by atoms with Crippen LogP contribution in [0.5, 0.6) is 5.75 Å². The van der Waals surface area contributed by atoms with Gasteiger partial charge < -0.3 is 21.9 Å². The van der Waals surface area contributed by atoms with E-state index in [1.54, 1.807) is 12.1 Å². The molecule has 0 aromatic heterocycles. The normalized spacial score (nSPS) is 11.8. The third-order valence-electron chi connectivity index (χ3n) is 2.28. The molecule has 6 heteroatoms. The number of phenols is 1. The molecule has 1 rings (SSSR count). The summed E-state index contributed by atoms with van der Waals surface area (Å²) in [6, 6.07) is 5.60. The van der Waals surface area contributed by atoms with Crippen molar-refractivity contribution in [2.75, 3.05) is 6.54 Å². The smallest absolute Gasteiger partial charge is 0.275 e. The van der Waals surface area contributed by atoms with E-state index in [0.717, 1.165) is 5.56 Å². The van der Waals surface area contributed by atoms with Crippen LogP contribution in [0.1, 0.15) is 5.56 Å². The van der Waals surface area contributed by atoms with E-state index in [2.05, 4.69) is 11.1 Å². The van der Waals surface area contributed by atoms with Crippen LogP contribution in [0.2, 0.25) is 0 Å². The Morgan fingerprint density at radius 3 is 2.41 bits per heavy atom. The number of amides is 2.